The van der Waals surface area contributed by atoms with E-state index < -0.39 is 0 Å². The molecule has 4 heteroatoms. The molecule has 2 N–H and O–H groups in total. The molecule has 1 aliphatic heterocycles. The first-order valence-electron chi connectivity index (χ1n) is 5.04. The maximum absolute atomic E-state index is 6.09. The Morgan fingerprint density at radius 3 is 2.80 bits per heavy atom. The van der Waals surface area contributed by atoms with Crippen LogP contribution in [0.25, 0.3) is 0 Å². The van der Waals surface area contributed by atoms with Gasteiger partial charge in [0.05, 0.1) is 11.1 Å². The third-order valence-corrected chi connectivity index (χ3v) is 3.17. The van der Waals surface area contributed by atoms with E-state index in [0.717, 1.165) is 24.2 Å². The summed E-state index contributed by atoms with van der Waals surface area (Å²) in [6, 6.07) is 3.35. The van der Waals surface area contributed by atoms with Gasteiger partial charge in [-0.25, -0.2) is 0 Å². The van der Waals surface area contributed by atoms with E-state index in [9.17, 15) is 0 Å². The van der Waals surface area contributed by atoms with Crippen molar-refractivity contribution in [2.24, 2.45) is 5.73 Å². The second-order valence-corrected chi connectivity index (χ2v) is 4.61. The van der Waals surface area contributed by atoms with Crippen LogP contribution in [-0.4, -0.2) is 6.10 Å². The van der Waals surface area contributed by atoms with Crippen LogP contribution in [0.5, 0.6) is 5.75 Å². The quantitative estimate of drug-likeness (QED) is 0.865. The zero-order valence-corrected chi connectivity index (χ0v) is 9.98. The Balaban J connectivity index is 2.36. The molecular weight excluding hydrogens is 233 g/mol. The summed E-state index contributed by atoms with van der Waals surface area (Å²) >= 11 is 12.0. The Labute approximate surface area is 99.3 Å². The minimum atomic E-state index is -0.135. The lowest BCUT2D eigenvalue weighted by molar-refractivity contribution is 0.195. The fraction of sp³-hybridized carbons (Fsp3) is 0.455. The maximum atomic E-state index is 6.09. The van der Waals surface area contributed by atoms with Crippen molar-refractivity contribution in [1.82, 2.24) is 0 Å². The van der Waals surface area contributed by atoms with Crippen molar-refractivity contribution < 1.29 is 4.74 Å². The number of fused-ring (bicyclic) bond motifs is 1. The highest BCUT2D eigenvalue weighted by Crippen LogP contribution is 2.42. The van der Waals surface area contributed by atoms with E-state index in [1.807, 2.05) is 0 Å². The maximum Gasteiger partial charge on any atom is 0.127 e. The van der Waals surface area contributed by atoms with E-state index in [1.165, 1.54) is 0 Å². The number of benzene rings is 1. The summed E-state index contributed by atoms with van der Waals surface area (Å²) in [6.45, 7) is 2.10. The molecule has 1 aromatic carbocycles. The molecule has 2 nitrogen and oxygen atoms in total. The van der Waals surface area contributed by atoms with Gasteiger partial charge in [-0.2, -0.15) is 0 Å². The fourth-order valence-electron chi connectivity index (χ4n) is 1.93. The Morgan fingerprint density at radius 2 is 2.13 bits per heavy atom. The summed E-state index contributed by atoms with van der Waals surface area (Å²) in [5.74, 6) is 0.735. The minimum absolute atomic E-state index is 0.0287. The smallest absolute Gasteiger partial charge is 0.127 e. The van der Waals surface area contributed by atoms with Crippen LogP contribution < -0.4 is 10.5 Å². The second kappa shape index (κ2) is 4.20. The zero-order valence-electron chi connectivity index (χ0n) is 8.47. The molecule has 15 heavy (non-hydrogen) atoms. The molecule has 0 aliphatic carbocycles. The molecule has 1 heterocycles. The standard InChI is InChI=1S/C11H13Cl2NO/c1-2-3-8-11(14)10-7(13)4-6(12)5-9(10)15-8/h4-5,8,11H,2-3,14H2,1H3. The van der Waals surface area contributed by atoms with Gasteiger partial charge in [0.1, 0.15) is 11.9 Å². The van der Waals surface area contributed by atoms with E-state index in [-0.39, 0.29) is 12.1 Å². The van der Waals surface area contributed by atoms with Crippen LogP contribution in [-0.2, 0) is 0 Å². The minimum Gasteiger partial charge on any atom is -0.488 e. The first-order chi connectivity index (χ1) is 7.13. The van der Waals surface area contributed by atoms with E-state index in [1.54, 1.807) is 12.1 Å². The van der Waals surface area contributed by atoms with Gasteiger partial charge < -0.3 is 10.5 Å². The van der Waals surface area contributed by atoms with Crippen LogP contribution in [0, 0.1) is 0 Å². The van der Waals surface area contributed by atoms with Crippen molar-refractivity contribution in [2.45, 2.75) is 31.9 Å². The monoisotopic (exact) mass is 245 g/mol. The van der Waals surface area contributed by atoms with E-state index in [2.05, 4.69) is 6.92 Å². The summed E-state index contributed by atoms with van der Waals surface area (Å²) in [7, 11) is 0. The van der Waals surface area contributed by atoms with Gasteiger partial charge in [0, 0.05) is 10.6 Å². The molecule has 1 aromatic rings. The fourth-order valence-corrected chi connectivity index (χ4v) is 2.53. The Morgan fingerprint density at radius 1 is 1.40 bits per heavy atom. The SMILES string of the molecule is CCCC1Oc2cc(Cl)cc(Cl)c2C1N. The number of hydrogen-bond donors (Lipinski definition) is 1. The Bertz CT molecular complexity index is 381. The van der Waals surface area contributed by atoms with E-state index in [0.29, 0.717) is 10.0 Å². The van der Waals surface area contributed by atoms with Gasteiger partial charge in [-0.15, -0.1) is 0 Å². The van der Waals surface area contributed by atoms with Gasteiger partial charge >= 0.3 is 0 Å². The van der Waals surface area contributed by atoms with Crippen LogP contribution >= 0.6 is 23.2 Å². The molecule has 82 valence electrons. The Hall–Kier alpha value is -0.440. The summed E-state index contributed by atoms with van der Waals surface area (Å²) in [5, 5.41) is 1.19. The highest BCUT2D eigenvalue weighted by atomic mass is 35.5. The number of rotatable bonds is 2. The summed E-state index contributed by atoms with van der Waals surface area (Å²) in [5.41, 5.74) is 6.96. The summed E-state index contributed by atoms with van der Waals surface area (Å²) in [6.07, 6.45) is 2.00. The van der Waals surface area contributed by atoms with Crippen LogP contribution in [0.1, 0.15) is 31.4 Å². The lowest BCUT2D eigenvalue weighted by atomic mass is 10.0. The largest absolute Gasteiger partial charge is 0.488 e. The average Bonchev–Trinajstić information content (AvgIpc) is 2.43. The van der Waals surface area contributed by atoms with Crippen molar-refractivity contribution in [2.75, 3.05) is 0 Å². The van der Waals surface area contributed by atoms with Crippen molar-refractivity contribution >= 4 is 23.2 Å². The molecule has 1 aliphatic rings. The van der Waals surface area contributed by atoms with Crippen molar-refractivity contribution in [1.29, 1.82) is 0 Å². The molecule has 0 saturated heterocycles. The van der Waals surface area contributed by atoms with Crippen molar-refractivity contribution in [3.63, 3.8) is 0 Å². The molecule has 0 bridgehead atoms. The van der Waals surface area contributed by atoms with Gasteiger partial charge in [0.2, 0.25) is 0 Å². The molecule has 0 saturated carbocycles. The van der Waals surface area contributed by atoms with Crippen molar-refractivity contribution in [3.05, 3.63) is 27.7 Å². The van der Waals surface area contributed by atoms with Crippen molar-refractivity contribution in [3.8, 4) is 5.75 Å². The second-order valence-electron chi connectivity index (χ2n) is 3.77. The Kier molecular flexibility index (Phi) is 3.10. The van der Waals surface area contributed by atoms with Crippen LogP contribution in [0.2, 0.25) is 10.0 Å². The first kappa shape index (κ1) is 11.1. The molecule has 0 radical (unpaired) electrons. The van der Waals surface area contributed by atoms with E-state index in [4.69, 9.17) is 33.7 Å². The van der Waals surface area contributed by atoms with Crippen LogP contribution in [0.3, 0.4) is 0 Å². The average molecular weight is 246 g/mol. The lowest BCUT2D eigenvalue weighted by Gasteiger charge is -2.13. The molecular formula is C11H13Cl2NO. The zero-order chi connectivity index (χ0) is 11.0. The third kappa shape index (κ3) is 1.94. The first-order valence-corrected chi connectivity index (χ1v) is 5.80. The normalized spacial score (nSPS) is 23.7. The number of nitrogens with two attached hydrogens (primary N) is 1. The van der Waals surface area contributed by atoms with Gasteiger partial charge in [-0.3, -0.25) is 0 Å². The van der Waals surface area contributed by atoms with Crippen LogP contribution in [0.4, 0.5) is 0 Å². The summed E-state index contributed by atoms with van der Waals surface area (Å²) < 4.78 is 5.73. The molecule has 2 atom stereocenters. The predicted octanol–water partition coefficient (Wildman–Crippen LogP) is 3.55. The molecule has 2 unspecified atom stereocenters. The molecule has 0 fully saturated rings. The molecule has 0 spiro atoms. The number of halogens is 2. The van der Waals surface area contributed by atoms with Gasteiger partial charge in [0.25, 0.3) is 0 Å². The number of hydrogen-bond acceptors (Lipinski definition) is 2. The van der Waals surface area contributed by atoms with Gasteiger partial charge in [-0.1, -0.05) is 36.5 Å². The highest BCUT2D eigenvalue weighted by Gasteiger charge is 2.33. The highest BCUT2D eigenvalue weighted by molar-refractivity contribution is 6.35. The number of ether oxygens (including phenoxy) is 1. The van der Waals surface area contributed by atoms with Crippen LogP contribution in [0.15, 0.2) is 12.1 Å². The van der Waals surface area contributed by atoms with Gasteiger partial charge in [0.15, 0.2) is 0 Å². The molecule has 2 rings (SSSR count). The van der Waals surface area contributed by atoms with Gasteiger partial charge in [-0.05, 0) is 18.6 Å². The topological polar surface area (TPSA) is 35.2 Å². The predicted molar refractivity (Wildman–Crippen MR) is 62.7 cm³/mol. The summed E-state index contributed by atoms with van der Waals surface area (Å²) in [4.78, 5) is 0. The lowest BCUT2D eigenvalue weighted by Crippen LogP contribution is -2.25. The molecule has 0 amide bonds. The third-order valence-electron chi connectivity index (χ3n) is 2.64. The van der Waals surface area contributed by atoms with E-state index >= 15 is 0 Å². The molecule has 0 aromatic heterocycles.